The Hall–Kier alpha value is -2.03. The highest BCUT2D eigenvalue weighted by atomic mass is 16.3. The zero-order valence-corrected chi connectivity index (χ0v) is 10.7. The quantitative estimate of drug-likeness (QED) is 0.897. The molecule has 0 atom stereocenters. The second-order valence-corrected chi connectivity index (χ2v) is 4.45. The van der Waals surface area contributed by atoms with E-state index in [0.717, 1.165) is 17.1 Å². The van der Waals surface area contributed by atoms with Crippen molar-refractivity contribution in [2.45, 2.75) is 26.8 Å². The van der Waals surface area contributed by atoms with Gasteiger partial charge in [0.25, 0.3) is 0 Å². The van der Waals surface area contributed by atoms with Gasteiger partial charge in [-0.1, -0.05) is 29.8 Å². The highest BCUT2D eigenvalue weighted by Gasteiger charge is 2.04. The van der Waals surface area contributed by atoms with Gasteiger partial charge < -0.3 is 9.73 Å². The Morgan fingerprint density at radius 3 is 2.44 bits per heavy atom. The number of hydrogen-bond donors (Lipinski definition) is 1. The van der Waals surface area contributed by atoms with Crippen LogP contribution in [-0.4, -0.2) is 5.91 Å². The first-order valence-electron chi connectivity index (χ1n) is 6.01. The van der Waals surface area contributed by atoms with E-state index in [1.165, 1.54) is 5.56 Å². The van der Waals surface area contributed by atoms with Crippen LogP contribution in [0.2, 0.25) is 0 Å². The van der Waals surface area contributed by atoms with E-state index in [1.54, 1.807) is 0 Å². The molecule has 0 saturated carbocycles. The molecule has 3 heteroatoms. The maximum absolute atomic E-state index is 11.7. The van der Waals surface area contributed by atoms with Crippen molar-refractivity contribution in [2.24, 2.45) is 0 Å². The highest BCUT2D eigenvalue weighted by molar-refractivity contribution is 5.78. The van der Waals surface area contributed by atoms with Crippen LogP contribution in [-0.2, 0) is 17.8 Å². The van der Waals surface area contributed by atoms with Gasteiger partial charge in [-0.3, -0.25) is 4.79 Å². The topological polar surface area (TPSA) is 42.2 Å². The van der Waals surface area contributed by atoms with E-state index in [4.69, 9.17) is 4.42 Å². The van der Waals surface area contributed by atoms with Crippen LogP contribution in [0.25, 0.3) is 0 Å². The maximum atomic E-state index is 11.7. The van der Waals surface area contributed by atoms with Crippen molar-refractivity contribution in [2.75, 3.05) is 0 Å². The number of benzene rings is 1. The van der Waals surface area contributed by atoms with E-state index < -0.39 is 0 Å². The molecule has 0 aliphatic heterocycles. The molecule has 0 saturated heterocycles. The Bertz CT molecular complexity index is 526. The molecular weight excluding hydrogens is 226 g/mol. The lowest BCUT2D eigenvalue weighted by Gasteiger charge is -2.04. The predicted octanol–water partition coefficient (Wildman–Crippen LogP) is 2.76. The van der Waals surface area contributed by atoms with Crippen LogP contribution in [0, 0.1) is 13.8 Å². The molecule has 2 rings (SSSR count). The number of carbonyl (C=O) groups is 1. The molecule has 1 N–H and O–H groups in total. The van der Waals surface area contributed by atoms with Gasteiger partial charge in [0.1, 0.15) is 11.5 Å². The van der Waals surface area contributed by atoms with Crippen molar-refractivity contribution in [3.63, 3.8) is 0 Å². The minimum Gasteiger partial charge on any atom is -0.465 e. The number of aryl methyl sites for hydroxylation is 2. The summed E-state index contributed by atoms with van der Waals surface area (Å²) in [7, 11) is 0. The smallest absolute Gasteiger partial charge is 0.224 e. The molecule has 1 aromatic carbocycles. The zero-order valence-electron chi connectivity index (χ0n) is 10.7. The fourth-order valence-corrected chi connectivity index (χ4v) is 1.72. The summed E-state index contributed by atoms with van der Waals surface area (Å²) in [5, 5.41) is 2.84. The van der Waals surface area contributed by atoms with Gasteiger partial charge in [-0.05, 0) is 31.5 Å². The lowest BCUT2D eigenvalue weighted by atomic mass is 10.1. The highest BCUT2D eigenvalue weighted by Crippen LogP contribution is 2.06. The normalized spacial score (nSPS) is 10.3. The summed E-state index contributed by atoms with van der Waals surface area (Å²) in [5.74, 6) is 1.65. The summed E-state index contributed by atoms with van der Waals surface area (Å²) in [6.45, 7) is 4.36. The number of hydrogen-bond acceptors (Lipinski definition) is 2. The molecule has 0 aliphatic rings. The van der Waals surface area contributed by atoms with Gasteiger partial charge in [-0.15, -0.1) is 0 Å². The van der Waals surface area contributed by atoms with Crippen LogP contribution in [0.4, 0.5) is 0 Å². The van der Waals surface area contributed by atoms with E-state index >= 15 is 0 Å². The third-order valence-electron chi connectivity index (χ3n) is 2.74. The summed E-state index contributed by atoms with van der Waals surface area (Å²) in [6, 6.07) is 11.7. The molecule has 18 heavy (non-hydrogen) atoms. The minimum absolute atomic E-state index is 0.00732. The van der Waals surface area contributed by atoms with Crippen LogP contribution in [0.3, 0.4) is 0 Å². The molecular formula is C15H17NO2. The molecule has 1 aromatic heterocycles. The summed E-state index contributed by atoms with van der Waals surface area (Å²) >= 11 is 0. The Morgan fingerprint density at radius 2 is 1.83 bits per heavy atom. The molecule has 0 unspecified atom stereocenters. The molecule has 0 bridgehead atoms. The summed E-state index contributed by atoms with van der Waals surface area (Å²) in [5.41, 5.74) is 2.22. The first-order chi connectivity index (χ1) is 8.63. The fourth-order valence-electron chi connectivity index (χ4n) is 1.72. The van der Waals surface area contributed by atoms with Crippen molar-refractivity contribution < 1.29 is 9.21 Å². The van der Waals surface area contributed by atoms with Gasteiger partial charge in [0.15, 0.2) is 0 Å². The lowest BCUT2D eigenvalue weighted by molar-refractivity contribution is -0.120. The summed E-state index contributed by atoms with van der Waals surface area (Å²) in [4.78, 5) is 11.7. The number of carbonyl (C=O) groups excluding carboxylic acids is 1. The van der Waals surface area contributed by atoms with Crippen LogP contribution in [0.5, 0.6) is 0 Å². The van der Waals surface area contributed by atoms with Gasteiger partial charge in [-0.2, -0.15) is 0 Å². The van der Waals surface area contributed by atoms with Gasteiger partial charge >= 0.3 is 0 Å². The first-order valence-corrected chi connectivity index (χ1v) is 6.01. The second-order valence-electron chi connectivity index (χ2n) is 4.45. The predicted molar refractivity (Wildman–Crippen MR) is 70.2 cm³/mol. The van der Waals surface area contributed by atoms with Crippen LogP contribution in [0.15, 0.2) is 40.8 Å². The lowest BCUT2D eigenvalue weighted by Crippen LogP contribution is -2.24. The fraction of sp³-hybridized carbons (Fsp3) is 0.267. The number of rotatable bonds is 4. The molecule has 3 nitrogen and oxygen atoms in total. The monoisotopic (exact) mass is 243 g/mol. The van der Waals surface area contributed by atoms with E-state index in [0.29, 0.717) is 13.0 Å². The zero-order chi connectivity index (χ0) is 13.0. The van der Waals surface area contributed by atoms with Crippen molar-refractivity contribution in [1.82, 2.24) is 5.32 Å². The van der Waals surface area contributed by atoms with E-state index in [9.17, 15) is 4.79 Å². The summed E-state index contributed by atoms with van der Waals surface area (Å²) < 4.78 is 5.39. The third-order valence-corrected chi connectivity index (χ3v) is 2.74. The van der Waals surface area contributed by atoms with Crippen molar-refractivity contribution in [3.05, 3.63) is 59.0 Å². The van der Waals surface area contributed by atoms with Gasteiger partial charge in [0.2, 0.25) is 5.91 Å². The SMILES string of the molecule is Cc1ccc(CC(=O)NCc2ccc(C)o2)cc1. The molecule has 94 valence electrons. The standard InChI is InChI=1S/C15H17NO2/c1-11-3-6-13(7-4-11)9-15(17)16-10-14-8-5-12(2)18-14/h3-8H,9-10H2,1-2H3,(H,16,17). The number of amides is 1. The number of nitrogens with one attached hydrogen (secondary N) is 1. The third kappa shape index (κ3) is 3.48. The van der Waals surface area contributed by atoms with E-state index in [-0.39, 0.29) is 5.91 Å². The maximum Gasteiger partial charge on any atom is 0.224 e. The Labute approximate surface area is 107 Å². The first kappa shape index (κ1) is 12.4. The Morgan fingerprint density at radius 1 is 1.11 bits per heavy atom. The second kappa shape index (κ2) is 5.54. The largest absolute Gasteiger partial charge is 0.465 e. The average Bonchev–Trinajstić information content (AvgIpc) is 2.76. The molecule has 0 radical (unpaired) electrons. The summed E-state index contributed by atoms with van der Waals surface area (Å²) in [6.07, 6.45) is 0.403. The Balaban J connectivity index is 1.83. The van der Waals surface area contributed by atoms with Crippen LogP contribution in [0.1, 0.15) is 22.6 Å². The molecule has 0 fully saturated rings. The van der Waals surface area contributed by atoms with Gasteiger partial charge in [0.05, 0.1) is 13.0 Å². The minimum atomic E-state index is 0.00732. The van der Waals surface area contributed by atoms with Crippen LogP contribution >= 0.6 is 0 Å². The molecule has 1 heterocycles. The average molecular weight is 243 g/mol. The molecule has 1 amide bonds. The van der Waals surface area contributed by atoms with Crippen molar-refractivity contribution in [3.8, 4) is 0 Å². The number of furan rings is 1. The van der Waals surface area contributed by atoms with Crippen molar-refractivity contribution in [1.29, 1.82) is 0 Å². The van der Waals surface area contributed by atoms with Crippen molar-refractivity contribution >= 4 is 5.91 Å². The molecule has 0 spiro atoms. The van der Waals surface area contributed by atoms with E-state index in [1.807, 2.05) is 50.2 Å². The van der Waals surface area contributed by atoms with Gasteiger partial charge in [0, 0.05) is 0 Å². The molecule has 2 aromatic rings. The Kier molecular flexibility index (Phi) is 3.82. The van der Waals surface area contributed by atoms with Crippen LogP contribution < -0.4 is 5.32 Å². The molecule has 0 aliphatic carbocycles. The van der Waals surface area contributed by atoms with E-state index in [2.05, 4.69) is 5.32 Å². The van der Waals surface area contributed by atoms with Gasteiger partial charge in [-0.25, -0.2) is 0 Å².